The molecule has 0 saturated carbocycles. The van der Waals surface area contributed by atoms with Crippen LogP contribution in [0.2, 0.25) is 0 Å². The zero-order valence-corrected chi connectivity index (χ0v) is 11.6. The number of esters is 1. The molecule has 1 aromatic carbocycles. The first kappa shape index (κ1) is 14.8. The summed E-state index contributed by atoms with van der Waals surface area (Å²) in [4.78, 5) is 23.1. The fraction of sp³-hybridized carbons (Fsp3) is 0.200. The van der Waals surface area contributed by atoms with Crippen molar-refractivity contribution in [1.29, 1.82) is 0 Å². The number of hydrogen-bond acceptors (Lipinski definition) is 5. The molecule has 6 heteroatoms. The average Bonchev–Trinajstić information content (AvgIpc) is 3.01. The lowest BCUT2D eigenvalue weighted by atomic mass is 10.1. The molecule has 0 aliphatic heterocycles. The molecule has 0 saturated heterocycles. The van der Waals surface area contributed by atoms with Crippen molar-refractivity contribution in [3.8, 4) is 0 Å². The third-order valence-corrected chi connectivity index (χ3v) is 2.91. The number of ether oxygens (including phenoxy) is 1. The minimum absolute atomic E-state index is 0.224. The summed E-state index contributed by atoms with van der Waals surface area (Å²) in [6, 6.07) is 10.0. The van der Waals surface area contributed by atoms with Crippen LogP contribution in [0.1, 0.15) is 32.2 Å². The van der Waals surface area contributed by atoms with Gasteiger partial charge in [-0.1, -0.05) is 12.1 Å². The quantitative estimate of drug-likeness (QED) is 0.812. The molecule has 0 aliphatic rings. The first-order valence-electron chi connectivity index (χ1n) is 6.38. The molecule has 0 spiro atoms. The Kier molecular flexibility index (Phi) is 4.73. The number of furan rings is 1. The van der Waals surface area contributed by atoms with E-state index in [1.807, 2.05) is 0 Å². The van der Waals surface area contributed by atoms with Gasteiger partial charge in [0.1, 0.15) is 5.76 Å². The van der Waals surface area contributed by atoms with E-state index in [0.717, 1.165) is 5.56 Å². The van der Waals surface area contributed by atoms with Crippen LogP contribution >= 0.6 is 0 Å². The molecule has 1 amide bonds. The van der Waals surface area contributed by atoms with Crippen molar-refractivity contribution in [2.45, 2.75) is 13.1 Å². The lowest BCUT2D eigenvalue weighted by Crippen LogP contribution is -2.22. The molecule has 0 bridgehead atoms. The van der Waals surface area contributed by atoms with Crippen LogP contribution in [0.3, 0.4) is 0 Å². The minimum atomic E-state index is -0.393. The van der Waals surface area contributed by atoms with Crippen molar-refractivity contribution in [3.63, 3.8) is 0 Å². The number of nitrogens with two attached hydrogens (primary N) is 1. The normalized spacial score (nSPS) is 10.2. The van der Waals surface area contributed by atoms with Crippen molar-refractivity contribution in [2.75, 3.05) is 7.11 Å². The van der Waals surface area contributed by atoms with Crippen LogP contribution in [-0.4, -0.2) is 19.0 Å². The van der Waals surface area contributed by atoms with Crippen LogP contribution in [0, 0.1) is 0 Å². The summed E-state index contributed by atoms with van der Waals surface area (Å²) in [5, 5.41) is 2.73. The highest BCUT2D eigenvalue weighted by Crippen LogP contribution is 2.08. The van der Waals surface area contributed by atoms with Crippen LogP contribution in [0.15, 0.2) is 40.8 Å². The van der Waals surface area contributed by atoms with Crippen molar-refractivity contribution in [3.05, 3.63) is 59.0 Å². The van der Waals surface area contributed by atoms with E-state index in [1.165, 1.54) is 7.11 Å². The molecule has 2 rings (SSSR count). The Hall–Kier alpha value is -2.60. The fourth-order valence-electron chi connectivity index (χ4n) is 1.76. The molecule has 0 radical (unpaired) electrons. The zero-order chi connectivity index (χ0) is 15.2. The molecular formula is C15H16N2O4. The van der Waals surface area contributed by atoms with Crippen molar-refractivity contribution >= 4 is 11.9 Å². The van der Waals surface area contributed by atoms with Crippen LogP contribution in [0.4, 0.5) is 0 Å². The van der Waals surface area contributed by atoms with Gasteiger partial charge >= 0.3 is 5.97 Å². The van der Waals surface area contributed by atoms with E-state index in [9.17, 15) is 9.59 Å². The van der Waals surface area contributed by atoms with Crippen molar-refractivity contribution < 1.29 is 18.7 Å². The van der Waals surface area contributed by atoms with Gasteiger partial charge in [0.2, 0.25) is 0 Å². The second kappa shape index (κ2) is 6.71. The van der Waals surface area contributed by atoms with Gasteiger partial charge in [0.15, 0.2) is 5.76 Å². The monoisotopic (exact) mass is 288 g/mol. The van der Waals surface area contributed by atoms with Gasteiger partial charge < -0.3 is 20.2 Å². The predicted octanol–water partition coefficient (Wildman–Crippen LogP) is 1.45. The fourth-order valence-corrected chi connectivity index (χ4v) is 1.76. The van der Waals surface area contributed by atoms with Gasteiger partial charge in [-0.05, 0) is 29.8 Å². The number of carbonyl (C=O) groups is 2. The summed E-state index contributed by atoms with van der Waals surface area (Å²) >= 11 is 0. The molecule has 0 fully saturated rings. The van der Waals surface area contributed by atoms with E-state index in [0.29, 0.717) is 17.9 Å². The molecule has 0 unspecified atom stereocenters. The molecule has 0 atom stereocenters. The van der Waals surface area contributed by atoms with Crippen LogP contribution in [0.5, 0.6) is 0 Å². The summed E-state index contributed by atoms with van der Waals surface area (Å²) in [5.74, 6) is 0.0754. The molecule has 21 heavy (non-hydrogen) atoms. The van der Waals surface area contributed by atoms with Gasteiger partial charge in [0, 0.05) is 6.54 Å². The Labute approximate surface area is 121 Å². The predicted molar refractivity (Wildman–Crippen MR) is 75.6 cm³/mol. The average molecular weight is 288 g/mol. The lowest BCUT2D eigenvalue weighted by molar-refractivity contribution is 0.0600. The summed E-state index contributed by atoms with van der Waals surface area (Å²) in [6.07, 6.45) is 0. The largest absolute Gasteiger partial charge is 0.465 e. The SMILES string of the molecule is COC(=O)c1ccc(CNC(=O)c2ccc(CN)o2)cc1. The number of carbonyl (C=O) groups excluding carboxylic acids is 2. The molecule has 3 N–H and O–H groups in total. The molecular weight excluding hydrogens is 272 g/mol. The highest BCUT2D eigenvalue weighted by atomic mass is 16.5. The first-order chi connectivity index (χ1) is 10.1. The van der Waals surface area contributed by atoms with Crippen LogP contribution < -0.4 is 11.1 Å². The van der Waals surface area contributed by atoms with Gasteiger partial charge in [0.25, 0.3) is 5.91 Å². The number of nitrogens with one attached hydrogen (secondary N) is 1. The van der Waals surface area contributed by atoms with Gasteiger partial charge in [-0.2, -0.15) is 0 Å². The number of amides is 1. The maximum absolute atomic E-state index is 11.8. The second-order valence-corrected chi connectivity index (χ2v) is 4.34. The first-order valence-corrected chi connectivity index (χ1v) is 6.38. The highest BCUT2D eigenvalue weighted by molar-refractivity contribution is 5.91. The Morgan fingerprint density at radius 2 is 1.90 bits per heavy atom. The lowest BCUT2D eigenvalue weighted by Gasteiger charge is -2.04. The zero-order valence-electron chi connectivity index (χ0n) is 11.6. The summed E-state index contributed by atoms with van der Waals surface area (Å²) < 4.78 is 9.86. The van der Waals surface area contributed by atoms with E-state index in [2.05, 4.69) is 10.1 Å². The van der Waals surface area contributed by atoms with Crippen molar-refractivity contribution in [2.24, 2.45) is 5.73 Å². The summed E-state index contributed by atoms with van der Waals surface area (Å²) in [5.41, 5.74) is 6.74. The third-order valence-electron chi connectivity index (χ3n) is 2.91. The van der Waals surface area contributed by atoms with E-state index in [4.69, 9.17) is 10.2 Å². The molecule has 1 heterocycles. The van der Waals surface area contributed by atoms with Crippen LogP contribution in [-0.2, 0) is 17.8 Å². The van der Waals surface area contributed by atoms with Crippen molar-refractivity contribution in [1.82, 2.24) is 5.32 Å². The van der Waals surface area contributed by atoms with Gasteiger partial charge in [-0.15, -0.1) is 0 Å². The Morgan fingerprint density at radius 1 is 1.19 bits per heavy atom. The number of methoxy groups -OCH3 is 1. The summed E-state index contributed by atoms with van der Waals surface area (Å²) in [7, 11) is 1.33. The van der Waals surface area contributed by atoms with Crippen LogP contribution in [0.25, 0.3) is 0 Å². The minimum Gasteiger partial charge on any atom is -0.465 e. The van der Waals surface area contributed by atoms with E-state index < -0.39 is 5.97 Å². The maximum Gasteiger partial charge on any atom is 0.337 e. The Bertz CT molecular complexity index is 631. The standard InChI is InChI=1S/C15H16N2O4/c1-20-15(19)11-4-2-10(3-5-11)9-17-14(18)13-7-6-12(8-16)21-13/h2-7H,8-9,16H2,1H3,(H,17,18). The highest BCUT2D eigenvalue weighted by Gasteiger charge is 2.10. The molecule has 1 aromatic heterocycles. The maximum atomic E-state index is 11.8. The van der Waals surface area contributed by atoms with E-state index >= 15 is 0 Å². The number of benzene rings is 1. The van der Waals surface area contributed by atoms with Gasteiger partial charge in [-0.25, -0.2) is 4.79 Å². The smallest absolute Gasteiger partial charge is 0.337 e. The molecule has 110 valence electrons. The third kappa shape index (κ3) is 3.70. The molecule has 2 aromatic rings. The summed E-state index contributed by atoms with van der Waals surface area (Å²) in [6.45, 7) is 0.585. The van der Waals surface area contributed by atoms with E-state index in [1.54, 1.807) is 36.4 Å². The Balaban J connectivity index is 1.93. The number of hydrogen-bond donors (Lipinski definition) is 2. The number of rotatable bonds is 5. The Morgan fingerprint density at radius 3 is 2.48 bits per heavy atom. The molecule has 6 nitrogen and oxygen atoms in total. The topological polar surface area (TPSA) is 94.6 Å². The van der Waals surface area contributed by atoms with Gasteiger partial charge in [-0.3, -0.25) is 4.79 Å². The van der Waals surface area contributed by atoms with Gasteiger partial charge in [0.05, 0.1) is 19.2 Å². The van der Waals surface area contributed by atoms with E-state index in [-0.39, 0.29) is 18.2 Å². The second-order valence-electron chi connectivity index (χ2n) is 4.34. The molecule has 0 aliphatic carbocycles.